The van der Waals surface area contributed by atoms with Crippen LogP contribution < -0.4 is 4.90 Å². The molecule has 4 nitrogen and oxygen atoms in total. The molecule has 1 atom stereocenters. The van der Waals surface area contributed by atoms with E-state index in [1.165, 1.54) is 28.0 Å². The number of halogens is 3. The summed E-state index contributed by atoms with van der Waals surface area (Å²) in [5, 5.41) is 10.2. The number of anilines is 1. The molecule has 0 spiro atoms. The zero-order valence-corrected chi connectivity index (χ0v) is 18.8. The lowest BCUT2D eigenvalue weighted by Gasteiger charge is -2.12. The molecule has 0 aliphatic carbocycles. The molecule has 1 amide bonds. The number of carbonyl (C=O) groups excluding carboxylic acids is 1. The van der Waals surface area contributed by atoms with E-state index < -0.39 is 5.25 Å². The van der Waals surface area contributed by atoms with Gasteiger partial charge in [0.25, 0.3) is 0 Å². The number of carbonyl (C=O) groups is 1. The number of nitrogens with zero attached hydrogens (tertiary/aromatic N) is 2. The fraction of sp³-hybridized carbons (Fsp3) is 0.150. The Morgan fingerprint density at radius 2 is 1.76 bits per heavy atom. The smallest absolute Gasteiger partial charge is 0.248 e. The van der Waals surface area contributed by atoms with Crippen molar-refractivity contribution in [2.24, 2.45) is 0 Å². The summed E-state index contributed by atoms with van der Waals surface area (Å²) in [5.74, 6) is -0.151. The van der Waals surface area contributed by atoms with Crippen molar-refractivity contribution in [1.29, 1.82) is 5.41 Å². The molecule has 1 fully saturated rings. The van der Waals surface area contributed by atoms with E-state index in [4.69, 9.17) is 40.2 Å². The first kappa shape index (κ1) is 20.7. The van der Waals surface area contributed by atoms with Gasteiger partial charge in [-0.1, -0.05) is 76.9 Å². The minimum Gasteiger partial charge on any atom is -0.278 e. The molecular weight excluding hydrogens is 469 g/mol. The van der Waals surface area contributed by atoms with Gasteiger partial charge in [-0.25, -0.2) is 9.88 Å². The number of nitrogens with one attached hydrogen (secondary N) is 1. The first-order valence-electron chi connectivity index (χ1n) is 8.64. The number of aromatic nitrogens is 1. The third-order valence-electron chi connectivity index (χ3n) is 4.44. The number of hydrogen-bond acceptors (Lipinski definition) is 5. The molecule has 1 aliphatic heterocycles. The summed E-state index contributed by atoms with van der Waals surface area (Å²) in [7, 11) is 0. The molecular formula is C20H14Cl3N3OS2. The Morgan fingerprint density at radius 3 is 2.55 bits per heavy atom. The highest BCUT2D eigenvalue weighted by molar-refractivity contribution is 8.16. The summed E-state index contributed by atoms with van der Waals surface area (Å²) in [5.41, 5.74) is 1.79. The van der Waals surface area contributed by atoms with Crippen LogP contribution in [0, 0.1) is 5.41 Å². The average Bonchev–Trinajstić information content (AvgIpc) is 3.25. The molecule has 2 heterocycles. The van der Waals surface area contributed by atoms with Crippen LogP contribution in [0.15, 0.2) is 48.7 Å². The molecule has 9 heteroatoms. The molecule has 29 heavy (non-hydrogen) atoms. The van der Waals surface area contributed by atoms with Crippen molar-refractivity contribution < 1.29 is 4.79 Å². The molecule has 1 N–H and O–H groups in total. The van der Waals surface area contributed by atoms with E-state index >= 15 is 0 Å². The topological polar surface area (TPSA) is 57.1 Å². The van der Waals surface area contributed by atoms with E-state index in [-0.39, 0.29) is 11.1 Å². The normalized spacial score (nSPS) is 16.7. The maximum Gasteiger partial charge on any atom is 0.248 e. The van der Waals surface area contributed by atoms with Crippen LogP contribution in [0.5, 0.6) is 0 Å². The van der Waals surface area contributed by atoms with Crippen LogP contribution in [0.4, 0.5) is 5.13 Å². The lowest BCUT2D eigenvalue weighted by molar-refractivity contribution is -0.116. The fourth-order valence-corrected chi connectivity index (χ4v) is 5.63. The van der Waals surface area contributed by atoms with E-state index in [0.29, 0.717) is 33.0 Å². The monoisotopic (exact) mass is 481 g/mol. The van der Waals surface area contributed by atoms with Gasteiger partial charge in [-0.2, -0.15) is 0 Å². The second-order valence-electron chi connectivity index (χ2n) is 6.38. The molecule has 0 radical (unpaired) electrons. The van der Waals surface area contributed by atoms with Crippen LogP contribution >= 0.6 is 57.9 Å². The Kier molecular flexibility index (Phi) is 6.18. The maximum atomic E-state index is 12.9. The van der Waals surface area contributed by atoms with Crippen molar-refractivity contribution in [3.05, 3.63) is 79.7 Å². The summed E-state index contributed by atoms with van der Waals surface area (Å²) >= 11 is 21.2. The molecule has 3 aromatic rings. The predicted octanol–water partition coefficient (Wildman–Crippen LogP) is 6.32. The van der Waals surface area contributed by atoms with E-state index in [1.54, 1.807) is 18.3 Å². The van der Waals surface area contributed by atoms with Crippen LogP contribution in [0.2, 0.25) is 15.1 Å². The van der Waals surface area contributed by atoms with Crippen molar-refractivity contribution in [3.63, 3.8) is 0 Å². The SMILES string of the molecule is N=C1S[C@H](Cc2ccccc2Cl)C(=O)N1c1ncc(Cc2cccc(Cl)c2Cl)s1. The van der Waals surface area contributed by atoms with Crippen LogP contribution in [-0.4, -0.2) is 21.3 Å². The van der Waals surface area contributed by atoms with Crippen LogP contribution in [0.3, 0.4) is 0 Å². The molecule has 0 unspecified atom stereocenters. The quantitative estimate of drug-likeness (QED) is 0.463. The lowest BCUT2D eigenvalue weighted by Crippen LogP contribution is -2.32. The van der Waals surface area contributed by atoms with Gasteiger partial charge in [-0.3, -0.25) is 10.2 Å². The number of amides is 1. The zero-order chi connectivity index (χ0) is 20.5. The molecule has 1 aliphatic rings. The average molecular weight is 483 g/mol. The number of thiazole rings is 1. The first-order chi connectivity index (χ1) is 13.9. The second kappa shape index (κ2) is 8.66. The van der Waals surface area contributed by atoms with Crippen LogP contribution in [-0.2, 0) is 17.6 Å². The van der Waals surface area contributed by atoms with Gasteiger partial charge >= 0.3 is 0 Å². The largest absolute Gasteiger partial charge is 0.278 e. The van der Waals surface area contributed by atoms with Gasteiger partial charge in [-0.05, 0) is 29.7 Å². The molecule has 2 aromatic carbocycles. The lowest BCUT2D eigenvalue weighted by atomic mass is 10.1. The number of benzene rings is 2. The third kappa shape index (κ3) is 4.32. The Balaban J connectivity index is 1.52. The summed E-state index contributed by atoms with van der Waals surface area (Å²) in [6.07, 6.45) is 2.74. The second-order valence-corrected chi connectivity index (χ2v) is 9.86. The Morgan fingerprint density at radius 1 is 1.03 bits per heavy atom. The van der Waals surface area contributed by atoms with Crippen molar-refractivity contribution in [2.75, 3.05) is 4.90 Å². The van der Waals surface area contributed by atoms with Gasteiger partial charge < -0.3 is 0 Å². The Hall–Kier alpha value is -1.57. The van der Waals surface area contributed by atoms with Crippen molar-refractivity contribution in [2.45, 2.75) is 18.1 Å². The number of hydrogen-bond donors (Lipinski definition) is 1. The molecule has 1 aromatic heterocycles. The Labute approximate surface area is 191 Å². The van der Waals surface area contributed by atoms with Gasteiger partial charge in [0.2, 0.25) is 5.91 Å². The van der Waals surface area contributed by atoms with E-state index in [9.17, 15) is 4.79 Å². The van der Waals surface area contributed by atoms with E-state index in [0.717, 1.165) is 16.0 Å². The summed E-state index contributed by atoms with van der Waals surface area (Å²) < 4.78 is 0. The van der Waals surface area contributed by atoms with Crippen molar-refractivity contribution >= 4 is 74.1 Å². The third-order valence-corrected chi connectivity index (χ3v) is 7.71. The van der Waals surface area contributed by atoms with Crippen molar-refractivity contribution in [1.82, 2.24) is 4.98 Å². The molecule has 0 bridgehead atoms. The van der Waals surface area contributed by atoms with Gasteiger partial charge in [0.05, 0.1) is 15.3 Å². The Bertz CT molecular complexity index is 1100. The highest BCUT2D eigenvalue weighted by atomic mass is 35.5. The molecule has 1 saturated heterocycles. The highest BCUT2D eigenvalue weighted by Crippen LogP contribution is 2.37. The van der Waals surface area contributed by atoms with Gasteiger partial charge in [0, 0.05) is 22.5 Å². The standard InChI is InChI=1S/C20H14Cl3N3OS2/c21-14-6-2-1-4-11(14)9-16-18(27)26(19(24)29-16)20-25-10-13(28-20)8-12-5-3-7-15(22)17(12)23/h1-7,10,16,24H,8-9H2/t16-/m1/s1. The zero-order valence-electron chi connectivity index (χ0n) is 14.9. The minimum atomic E-state index is -0.392. The molecule has 148 valence electrons. The predicted molar refractivity (Wildman–Crippen MR) is 123 cm³/mol. The van der Waals surface area contributed by atoms with Crippen LogP contribution in [0.1, 0.15) is 16.0 Å². The summed E-state index contributed by atoms with van der Waals surface area (Å²) in [6, 6.07) is 13.0. The summed E-state index contributed by atoms with van der Waals surface area (Å²) in [6.45, 7) is 0. The molecule has 4 rings (SSSR count). The fourth-order valence-electron chi connectivity index (χ4n) is 3.01. The maximum absolute atomic E-state index is 12.9. The van der Waals surface area contributed by atoms with Gasteiger partial charge in [0.15, 0.2) is 10.3 Å². The number of amidine groups is 1. The summed E-state index contributed by atoms with van der Waals surface area (Å²) in [4.78, 5) is 19.6. The number of thioether (sulfide) groups is 1. The highest BCUT2D eigenvalue weighted by Gasteiger charge is 2.39. The van der Waals surface area contributed by atoms with E-state index in [2.05, 4.69) is 4.98 Å². The van der Waals surface area contributed by atoms with E-state index in [1.807, 2.05) is 30.3 Å². The number of rotatable bonds is 5. The van der Waals surface area contributed by atoms with Gasteiger partial charge in [0.1, 0.15) is 0 Å². The molecule has 0 saturated carbocycles. The van der Waals surface area contributed by atoms with Gasteiger partial charge in [-0.15, -0.1) is 11.3 Å². The van der Waals surface area contributed by atoms with Crippen molar-refractivity contribution in [3.8, 4) is 0 Å². The minimum absolute atomic E-state index is 0.151. The first-order valence-corrected chi connectivity index (χ1v) is 11.5. The van der Waals surface area contributed by atoms with Crippen LogP contribution in [0.25, 0.3) is 0 Å².